The molecule has 1 fully saturated rings. The van der Waals surface area contributed by atoms with Gasteiger partial charge in [-0.05, 0) is 49.2 Å². The van der Waals surface area contributed by atoms with Crippen molar-refractivity contribution in [2.45, 2.75) is 23.8 Å². The van der Waals surface area contributed by atoms with Crippen molar-refractivity contribution in [3.05, 3.63) is 60.2 Å². The van der Waals surface area contributed by atoms with E-state index in [1.165, 1.54) is 5.56 Å². The Labute approximate surface area is 144 Å². The standard InChI is InChI=1S/C19H23NO3S/c1-23-17-11-9-16(10-12-17)19-8-5-13-20(19)14-15-24(21,22)18-6-3-2-4-7-18/h2-4,6-7,9-12,19H,5,8,13-15H2,1H3. The van der Waals surface area contributed by atoms with E-state index in [1.807, 2.05) is 18.2 Å². The Hall–Kier alpha value is -1.85. The molecule has 0 bridgehead atoms. The third-order valence-electron chi connectivity index (χ3n) is 4.61. The summed E-state index contributed by atoms with van der Waals surface area (Å²) < 4.78 is 30.2. The largest absolute Gasteiger partial charge is 0.497 e. The fourth-order valence-corrected chi connectivity index (χ4v) is 4.56. The molecule has 1 heterocycles. The first kappa shape index (κ1) is 17.0. The summed E-state index contributed by atoms with van der Waals surface area (Å²) in [4.78, 5) is 2.69. The minimum Gasteiger partial charge on any atom is -0.497 e. The van der Waals surface area contributed by atoms with Gasteiger partial charge in [-0.2, -0.15) is 0 Å². The molecule has 0 saturated carbocycles. The molecule has 1 saturated heterocycles. The van der Waals surface area contributed by atoms with Crippen LogP contribution in [0.1, 0.15) is 24.4 Å². The number of sulfone groups is 1. The van der Waals surface area contributed by atoms with Gasteiger partial charge in [0.2, 0.25) is 0 Å². The molecule has 2 aromatic carbocycles. The lowest BCUT2D eigenvalue weighted by molar-refractivity contribution is 0.272. The Kier molecular flexibility index (Phi) is 5.21. The highest BCUT2D eigenvalue weighted by Crippen LogP contribution is 2.32. The first-order chi connectivity index (χ1) is 11.6. The lowest BCUT2D eigenvalue weighted by Gasteiger charge is -2.24. The van der Waals surface area contributed by atoms with Crippen LogP contribution in [0.4, 0.5) is 0 Å². The summed E-state index contributed by atoms with van der Waals surface area (Å²) in [6, 6.07) is 17.1. The predicted octanol–water partition coefficient (Wildman–Crippen LogP) is 3.31. The van der Waals surface area contributed by atoms with Gasteiger partial charge in [0.1, 0.15) is 5.75 Å². The maximum Gasteiger partial charge on any atom is 0.179 e. The first-order valence-electron chi connectivity index (χ1n) is 8.26. The molecule has 0 aromatic heterocycles. The quantitative estimate of drug-likeness (QED) is 0.806. The average molecular weight is 345 g/mol. The van der Waals surface area contributed by atoms with Crippen molar-refractivity contribution >= 4 is 9.84 Å². The lowest BCUT2D eigenvalue weighted by Crippen LogP contribution is -2.29. The zero-order valence-electron chi connectivity index (χ0n) is 13.9. The molecule has 24 heavy (non-hydrogen) atoms. The van der Waals surface area contributed by atoms with Gasteiger partial charge in [0.05, 0.1) is 17.8 Å². The van der Waals surface area contributed by atoms with Crippen molar-refractivity contribution in [3.8, 4) is 5.75 Å². The van der Waals surface area contributed by atoms with Crippen molar-refractivity contribution in [2.75, 3.05) is 26.0 Å². The van der Waals surface area contributed by atoms with Crippen molar-refractivity contribution in [1.29, 1.82) is 0 Å². The molecule has 3 rings (SSSR count). The molecule has 1 unspecified atom stereocenters. The Balaban J connectivity index is 1.68. The predicted molar refractivity (Wildman–Crippen MR) is 95.0 cm³/mol. The van der Waals surface area contributed by atoms with Gasteiger partial charge in [-0.1, -0.05) is 30.3 Å². The van der Waals surface area contributed by atoms with E-state index in [1.54, 1.807) is 31.4 Å². The van der Waals surface area contributed by atoms with Crippen LogP contribution in [0.2, 0.25) is 0 Å². The first-order valence-corrected chi connectivity index (χ1v) is 9.91. The third kappa shape index (κ3) is 3.79. The Morgan fingerprint density at radius 2 is 1.79 bits per heavy atom. The fourth-order valence-electron chi connectivity index (χ4n) is 3.28. The van der Waals surface area contributed by atoms with E-state index in [0.717, 1.165) is 25.1 Å². The second-order valence-corrected chi connectivity index (χ2v) is 8.21. The molecule has 0 aliphatic carbocycles. The summed E-state index contributed by atoms with van der Waals surface area (Å²) in [6.07, 6.45) is 2.17. The number of methoxy groups -OCH3 is 1. The fraction of sp³-hybridized carbons (Fsp3) is 0.368. The van der Waals surface area contributed by atoms with Crippen LogP contribution in [-0.2, 0) is 9.84 Å². The Morgan fingerprint density at radius 3 is 2.46 bits per heavy atom. The van der Waals surface area contributed by atoms with Crippen LogP contribution < -0.4 is 4.74 Å². The van der Waals surface area contributed by atoms with Gasteiger partial charge in [-0.25, -0.2) is 8.42 Å². The van der Waals surface area contributed by atoms with Crippen molar-refractivity contribution in [1.82, 2.24) is 4.90 Å². The molecule has 0 amide bonds. The molecule has 0 N–H and O–H groups in total. The summed E-state index contributed by atoms with van der Waals surface area (Å²) in [6.45, 7) is 1.51. The van der Waals surface area contributed by atoms with Crippen LogP contribution in [0, 0.1) is 0 Å². The van der Waals surface area contributed by atoms with Gasteiger partial charge >= 0.3 is 0 Å². The number of ether oxygens (including phenoxy) is 1. The van der Waals surface area contributed by atoms with E-state index in [2.05, 4.69) is 17.0 Å². The summed E-state index contributed by atoms with van der Waals surface area (Å²) in [5.41, 5.74) is 1.23. The number of benzene rings is 2. The van der Waals surface area contributed by atoms with E-state index in [4.69, 9.17) is 4.74 Å². The van der Waals surface area contributed by atoms with Crippen LogP contribution in [0.25, 0.3) is 0 Å². The molecule has 2 aromatic rings. The van der Waals surface area contributed by atoms with Crippen molar-refractivity contribution in [2.24, 2.45) is 0 Å². The molecule has 4 nitrogen and oxygen atoms in total. The molecular formula is C19H23NO3S. The normalized spacial score (nSPS) is 18.6. The van der Waals surface area contributed by atoms with Gasteiger partial charge in [-0.3, -0.25) is 4.90 Å². The zero-order chi connectivity index (χ0) is 17.0. The monoisotopic (exact) mass is 345 g/mol. The molecule has 128 valence electrons. The van der Waals surface area contributed by atoms with E-state index in [0.29, 0.717) is 17.5 Å². The lowest BCUT2D eigenvalue weighted by atomic mass is 10.0. The number of likely N-dealkylation sites (tertiary alicyclic amines) is 1. The highest BCUT2D eigenvalue weighted by Gasteiger charge is 2.27. The smallest absolute Gasteiger partial charge is 0.179 e. The zero-order valence-corrected chi connectivity index (χ0v) is 14.7. The van der Waals surface area contributed by atoms with Gasteiger partial charge in [0.25, 0.3) is 0 Å². The minimum atomic E-state index is -3.23. The average Bonchev–Trinajstić information content (AvgIpc) is 3.09. The van der Waals surface area contributed by atoms with Crippen LogP contribution in [0.15, 0.2) is 59.5 Å². The molecule has 0 spiro atoms. The molecular weight excluding hydrogens is 322 g/mol. The van der Waals surface area contributed by atoms with Crippen LogP contribution in [0.3, 0.4) is 0 Å². The van der Waals surface area contributed by atoms with E-state index in [9.17, 15) is 8.42 Å². The van der Waals surface area contributed by atoms with Crippen LogP contribution >= 0.6 is 0 Å². The second kappa shape index (κ2) is 7.36. The topological polar surface area (TPSA) is 46.6 Å². The molecule has 0 radical (unpaired) electrons. The van der Waals surface area contributed by atoms with Crippen LogP contribution in [0.5, 0.6) is 5.75 Å². The van der Waals surface area contributed by atoms with Crippen molar-refractivity contribution < 1.29 is 13.2 Å². The Bertz CT molecular complexity index is 757. The molecule has 5 heteroatoms. The van der Waals surface area contributed by atoms with Gasteiger partial charge in [0, 0.05) is 12.6 Å². The minimum absolute atomic E-state index is 0.156. The summed E-state index contributed by atoms with van der Waals surface area (Å²) in [5, 5.41) is 0. The summed E-state index contributed by atoms with van der Waals surface area (Å²) >= 11 is 0. The van der Waals surface area contributed by atoms with E-state index < -0.39 is 9.84 Å². The number of hydrogen-bond donors (Lipinski definition) is 0. The number of hydrogen-bond acceptors (Lipinski definition) is 4. The highest BCUT2D eigenvalue weighted by atomic mass is 32.2. The molecule has 1 aliphatic rings. The van der Waals surface area contributed by atoms with Gasteiger partial charge < -0.3 is 4.74 Å². The maximum atomic E-state index is 12.5. The molecule has 1 atom stereocenters. The van der Waals surface area contributed by atoms with Crippen LogP contribution in [-0.4, -0.2) is 39.3 Å². The maximum absolute atomic E-state index is 12.5. The van der Waals surface area contributed by atoms with Gasteiger partial charge in [0.15, 0.2) is 9.84 Å². The van der Waals surface area contributed by atoms with E-state index >= 15 is 0 Å². The SMILES string of the molecule is COc1ccc(C2CCCN2CCS(=O)(=O)c2ccccc2)cc1. The number of nitrogens with zero attached hydrogens (tertiary/aromatic N) is 1. The van der Waals surface area contributed by atoms with E-state index in [-0.39, 0.29) is 5.75 Å². The summed E-state index contributed by atoms with van der Waals surface area (Å²) in [7, 11) is -1.57. The Morgan fingerprint density at radius 1 is 1.08 bits per heavy atom. The second-order valence-electron chi connectivity index (χ2n) is 6.10. The highest BCUT2D eigenvalue weighted by molar-refractivity contribution is 7.91. The molecule has 1 aliphatic heterocycles. The third-order valence-corrected chi connectivity index (χ3v) is 6.32. The van der Waals surface area contributed by atoms with Crippen molar-refractivity contribution in [3.63, 3.8) is 0 Å². The number of rotatable bonds is 6. The van der Waals surface area contributed by atoms with Gasteiger partial charge in [-0.15, -0.1) is 0 Å². The summed E-state index contributed by atoms with van der Waals surface area (Å²) in [5.74, 6) is 0.999.